The van der Waals surface area contributed by atoms with Gasteiger partial charge >= 0.3 is 0 Å². The van der Waals surface area contributed by atoms with Gasteiger partial charge in [0.25, 0.3) is 5.91 Å². The summed E-state index contributed by atoms with van der Waals surface area (Å²) >= 11 is 1.30. The van der Waals surface area contributed by atoms with Crippen molar-refractivity contribution in [2.75, 3.05) is 11.9 Å². The highest BCUT2D eigenvalue weighted by atomic mass is 32.1. The fourth-order valence-electron chi connectivity index (χ4n) is 1.53. The molecule has 0 radical (unpaired) electrons. The van der Waals surface area contributed by atoms with Crippen molar-refractivity contribution in [3.05, 3.63) is 45.9 Å². The maximum Gasteiger partial charge on any atom is 0.267 e. The number of rotatable bonds is 2. The topological polar surface area (TPSA) is 68.0 Å². The minimum absolute atomic E-state index is 0.179. The van der Waals surface area contributed by atoms with Gasteiger partial charge in [-0.15, -0.1) is 11.3 Å². The molecule has 5 heteroatoms. The lowest BCUT2D eigenvalue weighted by molar-refractivity contribution is 0.103. The molecular formula is C14H13N3OS. The zero-order chi connectivity index (χ0) is 13.7. The standard InChI is InChI=1S/C14H13N3OS/c1-10-4-5-12(11(7-10)3-2-6-15)17-14(18)13-8-16-9-19-13/h4-5,7-9H,6,15H2,1H3,(H,17,18). The van der Waals surface area contributed by atoms with Crippen LogP contribution in [-0.4, -0.2) is 17.4 Å². The predicted octanol–water partition coefficient (Wildman–Crippen LogP) is 2.01. The van der Waals surface area contributed by atoms with Crippen LogP contribution in [0.4, 0.5) is 5.69 Å². The molecule has 0 bridgehead atoms. The molecule has 0 fully saturated rings. The Hall–Kier alpha value is -2.16. The number of hydrogen-bond donors (Lipinski definition) is 2. The van der Waals surface area contributed by atoms with Crippen LogP contribution in [0.3, 0.4) is 0 Å². The lowest BCUT2D eigenvalue weighted by Gasteiger charge is -2.07. The molecule has 0 saturated heterocycles. The summed E-state index contributed by atoms with van der Waals surface area (Å²) in [6, 6.07) is 5.69. The van der Waals surface area contributed by atoms with Crippen LogP contribution in [-0.2, 0) is 0 Å². The first-order chi connectivity index (χ1) is 9.20. The van der Waals surface area contributed by atoms with Crippen molar-refractivity contribution >= 4 is 22.9 Å². The average Bonchev–Trinajstić information content (AvgIpc) is 2.93. The number of hydrogen-bond acceptors (Lipinski definition) is 4. The minimum atomic E-state index is -0.179. The van der Waals surface area contributed by atoms with E-state index in [1.54, 1.807) is 11.7 Å². The van der Waals surface area contributed by atoms with Crippen molar-refractivity contribution in [1.82, 2.24) is 4.98 Å². The Morgan fingerprint density at radius 2 is 2.37 bits per heavy atom. The number of amides is 1. The quantitative estimate of drug-likeness (QED) is 0.821. The van der Waals surface area contributed by atoms with Gasteiger partial charge < -0.3 is 11.1 Å². The van der Waals surface area contributed by atoms with Crippen LogP contribution < -0.4 is 11.1 Å². The summed E-state index contributed by atoms with van der Waals surface area (Å²) in [5.41, 5.74) is 9.53. The molecule has 0 aliphatic carbocycles. The van der Waals surface area contributed by atoms with Crippen LogP contribution in [0.15, 0.2) is 29.9 Å². The van der Waals surface area contributed by atoms with Crippen molar-refractivity contribution < 1.29 is 4.79 Å². The van der Waals surface area contributed by atoms with Gasteiger partial charge in [-0.3, -0.25) is 9.78 Å². The maximum atomic E-state index is 12.0. The van der Waals surface area contributed by atoms with E-state index < -0.39 is 0 Å². The lowest BCUT2D eigenvalue weighted by Crippen LogP contribution is -2.11. The second-order valence-electron chi connectivity index (χ2n) is 3.87. The Morgan fingerprint density at radius 3 is 3.05 bits per heavy atom. The lowest BCUT2D eigenvalue weighted by atomic mass is 10.1. The zero-order valence-corrected chi connectivity index (χ0v) is 11.3. The molecule has 1 amide bonds. The van der Waals surface area contributed by atoms with Crippen LogP contribution in [0.5, 0.6) is 0 Å². The molecule has 0 aliphatic rings. The summed E-state index contributed by atoms with van der Waals surface area (Å²) in [5, 5.41) is 2.84. The van der Waals surface area contributed by atoms with Crippen molar-refractivity contribution in [2.24, 2.45) is 5.73 Å². The number of nitrogens with two attached hydrogens (primary N) is 1. The third kappa shape index (κ3) is 3.41. The van der Waals surface area contributed by atoms with Gasteiger partial charge in [0.2, 0.25) is 0 Å². The van der Waals surface area contributed by atoms with E-state index in [4.69, 9.17) is 5.73 Å². The molecule has 3 N–H and O–H groups in total. The average molecular weight is 271 g/mol. The molecule has 0 atom stereocenters. The fraction of sp³-hybridized carbons (Fsp3) is 0.143. The van der Waals surface area contributed by atoms with Crippen molar-refractivity contribution in [3.63, 3.8) is 0 Å². The number of nitrogens with one attached hydrogen (secondary N) is 1. The van der Waals surface area contributed by atoms with Crippen LogP contribution >= 0.6 is 11.3 Å². The molecule has 0 aliphatic heterocycles. The zero-order valence-electron chi connectivity index (χ0n) is 10.4. The molecule has 4 nitrogen and oxygen atoms in total. The summed E-state index contributed by atoms with van der Waals surface area (Å²) < 4.78 is 0. The van der Waals surface area contributed by atoms with E-state index >= 15 is 0 Å². The van der Waals surface area contributed by atoms with Gasteiger partial charge in [-0.25, -0.2) is 0 Å². The smallest absolute Gasteiger partial charge is 0.267 e. The van der Waals surface area contributed by atoms with E-state index in [0.29, 0.717) is 10.6 Å². The predicted molar refractivity (Wildman–Crippen MR) is 77.2 cm³/mol. The van der Waals surface area contributed by atoms with E-state index in [-0.39, 0.29) is 12.5 Å². The summed E-state index contributed by atoms with van der Waals surface area (Å²) in [4.78, 5) is 16.4. The Kier molecular flexibility index (Phi) is 4.29. The van der Waals surface area contributed by atoms with Gasteiger partial charge in [0.05, 0.1) is 23.9 Å². The molecular weight excluding hydrogens is 258 g/mol. The van der Waals surface area contributed by atoms with Crippen molar-refractivity contribution in [1.29, 1.82) is 0 Å². The first-order valence-electron chi connectivity index (χ1n) is 5.70. The maximum absolute atomic E-state index is 12.0. The fourth-order valence-corrected chi connectivity index (χ4v) is 2.04. The van der Waals surface area contributed by atoms with Crippen LogP contribution in [0.1, 0.15) is 20.8 Å². The highest BCUT2D eigenvalue weighted by molar-refractivity contribution is 7.11. The SMILES string of the molecule is Cc1ccc(NC(=O)c2cncs2)c(C#CCN)c1. The van der Waals surface area contributed by atoms with Crippen molar-refractivity contribution in [3.8, 4) is 11.8 Å². The van der Waals surface area contributed by atoms with Crippen LogP contribution in [0.25, 0.3) is 0 Å². The summed E-state index contributed by atoms with van der Waals surface area (Å²) in [7, 11) is 0. The number of aryl methyl sites for hydroxylation is 1. The van der Waals surface area contributed by atoms with E-state index in [1.165, 1.54) is 11.3 Å². The van der Waals surface area contributed by atoms with E-state index in [0.717, 1.165) is 11.1 Å². The first-order valence-corrected chi connectivity index (χ1v) is 6.58. The summed E-state index contributed by atoms with van der Waals surface area (Å²) in [5.74, 6) is 5.58. The molecule has 0 saturated carbocycles. The van der Waals surface area contributed by atoms with Gasteiger partial charge in [0, 0.05) is 5.56 Å². The number of nitrogens with zero attached hydrogens (tertiary/aromatic N) is 1. The third-order valence-electron chi connectivity index (χ3n) is 2.40. The Labute approximate surface area is 115 Å². The van der Waals surface area contributed by atoms with Gasteiger partial charge in [-0.05, 0) is 24.6 Å². The largest absolute Gasteiger partial charge is 0.320 e. The van der Waals surface area contributed by atoms with Gasteiger partial charge in [-0.2, -0.15) is 0 Å². The second kappa shape index (κ2) is 6.14. The monoisotopic (exact) mass is 271 g/mol. The molecule has 0 spiro atoms. The Morgan fingerprint density at radius 1 is 1.53 bits per heavy atom. The number of carbonyl (C=O) groups is 1. The number of carbonyl (C=O) groups excluding carboxylic acids is 1. The molecule has 2 aromatic rings. The van der Waals surface area contributed by atoms with E-state index in [2.05, 4.69) is 22.1 Å². The molecule has 19 heavy (non-hydrogen) atoms. The van der Waals surface area contributed by atoms with E-state index in [1.807, 2.05) is 25.1 Å². The normalized spacial score (nSPS) is 9.58. The van der Waals surface area contributed by atoms with Gasteiger partial charge in [0.15, 0.2) is 0 Å². The molecule has 1 aromatic heterocycles. The van der Waals surface area contributed by atoms with Crippen molar-refractivity contribution in [2.45, 2.75) is 6.92 Å². The highest BCUT2D eigenvalue weighted by Crippen LogP contribution is 2.18. The number of thiazole rings is 1. The van der Waals surface area contributed by atoms with Gasteiger partial charge in [0.1, 0.15) is 4.88 Å². The highest BCUT2D eigenvalue weighted by Gasteiger charge is 2.09. The minimum Gasteiger partial charge on any atom is -0.320 e. The summed E-state index contributed by atoms with van der Waals surface area (Å²) in [6.07, 6.45) is 1.54. The molecule has 1 aromatic carbocycles. The molecule has 96 valence electrons. The van der Waals surface area contributed by atoms with E-state index in [9.17, 15) is 4.79 Å². The second-order valence-corrected chi connectivity index (χ2v) is 4.76. The summed E-state index contributed by atoms with van der Waals surface area (Å²) in [6.45, 7) is 2.26. The Balaban J connectivity index is 2.27. The number of anilines is 1. The van der Waals surface area contributed by atoms with Crippen LogP contribution in [0, 0.1) is 18.8 Å². The molecule has 0 unspecified atom stereocenters. The third-order valence-corrected chi connectivity index (χ3v) is 3.18. The molecule has 2 rings (SSSR count). The molecule has 1 heterocycles. The first kappa shape index (κ1) is 13.3. The Bertz CT molecular complexity index is 638. The van der Waals surface area contributed by atoms with Crippen LogP contribution in [0.2, 0.25) is 0 Å². The number of aromatic nitrogens is 1. The number of benzene rings is 1. The van der Waals surface area contributed by atoms with Gasteiger partial charge in [-0.1, -0.05) is 17.9 Å².